The van der Waals surface area contributed by atoms with Gasteiger partial charge in [-0.05, 0) is 13.3 Å². The monoisotopic (exact) mass is 272 g/mol. The third kappa shape index (κ3) is 6.41. The zero-order chi connectivity index (χ0) is 13.0. The lowest BCUT2D eigenvalue weighted by atomic mass is 10.0. The van der Waals surface area contributed by atoms with Crippen LogP contribution in [-0.4, -0.2) is 46.7 Å². The Bertz CT molecular complexity index is 409. The van der Waals surface area contributed by atoms with Gasteiger partial charge in [0, 0.05) is 18.3 Å². The molecule has 0 bridgehead atoms. The molecule has 0 heterocycles. The molecule has 98 valence electrons. The normalized spacial score (nSPS) is 17.0. The van der Waals surface area contributed by atoms with E-state index < -0.39 is 31.2 Å². The summed E-state index contributed by atoms with van der Waals surface area (Å²) < 4.78 is 47.3. The van der Waals surface area contributed by atoms with Gasteiger partial charge < -0.3 is 5.73 Å². The number of hydrogen-bond donors (Lipinski definition) is 2. The standard InChI is InChI=1S/C8H20N2O4S2/c1-4-8(2,7-9)10-16(13,14)6-5-15(3,11)12/h10H,4-7,9H2,1-3H3. The average Bonchev–Trinajstić information content (AvgIpc) is 2.13. The molecule has 0 saturated heterocycles. The molecule has 0 radical (unpaired) electrons. The third-order valence-electron chi connectivity index (χ3n) is 2.36. The van der Waals surface area contributed by atoms with Crippen molar-refractivity contribution in [3.05, 3.63) is 0 Å². The molecular weight excluding hydrogens is 252 g/mol. The quantitative estimate of drug-likeness (QED) is 0.623. The predicted octanol–water partition coefficient (Wildman–Crippen LogP) is -0.922. The minimum atomic E-state index is -3.61. The molecule has 6 nitrogen and oxygen atoms in total. The molecule has 0 rings (SSSR count). The van der Waals surface area contributed by atoms with Crippen molar-refractivity contribution >= 4 is 19.9 Å². The van der Waals surface area contributed by atoms with Crippen LogP contribution in [0.4, 0.5) is 0 Å². The molecule has 16 heavy (non-hydrogen) atoms. The Kier molecular flexibility index (Phi) is 5.37. The Balaban J connectivity index is 4.59. The first-order valence-electron chi connectivity index (χ1n) is 4.93. The highest BCUT2D eigenvalue weighted by Gasteiger charge is 2.26. The molecular formula is C8H20N2O4S2. The smallest absolute Gasteiger partial charge is 0.213 e. The van der Waals surface area contributed by atoms with Crippen LogP contribution in [0.3, 0.4) is 0 Å². The number of nitrogens with two attached hydrogens (primary N) is 1. The van der Waals surface area contributed by atoms with Crippen LogP contribution in [0.25, 0.3) is 0 Å². The zero-order valence-electron chi connectivity index (χ0n) is 9.86. The van der Waals surface area contributed by atoms with Crippen LogP contribution in [0.5, 0.6) is 0 Å². The summed E-state index contributed by atoms with van der Waals surface area (Å²) in [5, 5.41) is 0. The van der Waals surface area contributed by atoms with Gasteiger partial charge in [-0.1, -0.05) is 6.92 Å². The Labute approximate surface area is 97.6 Å². The van der Waals surface area contributed by atoms with Crippen LogP contribution < -0.4 is 10.5 Å². The predicted molar refractivity (Wildman–Crippen MR) is 64.4 cm³/mol. The maximum atomic E-state index is 11.6. The SMILES string of the molecule is CCC(C)(CN)NS(=O)(=O)CCS(C)(=O)=O. The molecule has 0 aromatic heterocycles. The molecule has 0 aromatic rings. The minimum absolute atomic E-state index is 0.168. The van der Waals surface area contributed by atoms with Gasteiger partial charge in [-0.25, -0.2) is 21.6 Å². The molecule has 0 aliphatic carbocycles. The van der Waals surface area contributed by atoms with Gasteiger partial charge in [-0.15, -0.1) is 0 Å². The first-order valence-corrected chi connectivity index (χ1v) is 8.64. The van der Waals surface area contributed by atoms with Gasteiger partial charge in [0.05, 0.1) is 11.5 Å². The molecule has 0 amide bonds. The topological polar surface area (TPSA) is 106 Å². The number of rotatable bonds is 7. The number of hydrogen-bond acceptors (Lipinski definition) is 5. The van der Waals surface area contributed by atoms with E-state index >= 15 is 0 Å². The van der Waals surface area contributed by atoms with Crippen LogP contribution >= 0.6 is 0 Å². The van der Waals surface area contributed by atoms with Crippen LogP contribution in [0.1, 0.15) is 20.3 Å². The van der Waals surface area contributed by atoms with Crippen LogP contribution in [-0.2, 0) is 19.9 Å². The summed E-state index contributed by atoms with van der Waals surface area (Å²) >= 11 is 0. The van der Waals surface area contributed by atoms with Crippen molar-refractivity contribution in [2.75, 3.05) is 24.3 Å². The molecule has 1 atom stereocenters. The van der Waals surface area contributed by atoms with Gasteiger partial charge in [0.15, 0.2) is 0 Å². The number of sulfonamides is 1. The Hall–Kier alpha value is -0.180. The third-order valence-corrected chi connectivity index (χ3v) is 5.11. The summed E-state index contributed by atoms with van der Waals surface area (Å²) in [5.41, 5.74) is 4.75. The highest BCUT2D eigenvalue weighted by molar-refractivity contribution is 7.93. The fourth-order valence-electron chi connectivity index (χ4n) is 0.946. The maximum absolute atomic E-state index is 11.6. The van der Waals surface area contributed by atoms with E-state index in [1.807, 2.05) is 6.92 Å². The van der Waals surface area contributed by atoms with Crippen LogP contribution in [0.2, 0.25) is 0 Å². The van der Waals surface area contributed by atoms with E-state index in [0.29, 0.717) is 6.42 Å². The van der Waals surface area contributed by atoms with Crippen molar-refractivity contribution in [1.29, 1.82) is 0 Å². The van der Waals surface area contributed by atoms with Crippen molar-refractivity contribution < 1.29 is 16.8 Å². The van der Waals surface area contributed by atoms with Crippen LogP contribution in [0, 0.1) is 0 Å². The summed E-state index contributed by atoms with van der Waals surface area (Å²) in [7, 11) is -6.88. The fraction of sp³-hybridized carbons (Fsp3) is 1.00. The van der Waals surface area contributed by atoms with Gasteiger partial charge in [0.25, 0.3) is 0 Å². The van der Waals surface area contributed by atoms with Gasteiger partial charge in [-0.3, -0.25) is 0 Å². The Morgan fingerprint density at radius 1 is 1.19 bits per heavy atom. The fourth-order valence-corrected chi connectivity index (χ4v) is 4.11. The summed E-state index contributed by atoms with van der Waals surface area (Å²) in [6, 6.07) is 0. The van der Waals surface area contributed by atoms with E-state index in [4.69, 9.17) is 5.73 Å². The van der Waals surface area contributed by atoms with Crippen molar-refractivity contribution in [1.82, 2.24) is 4.72 Å². The lowest BCUT2D eigenvalue weighted by Crippen LogP contribution is -2.51. The molecule has 0 aliphatic rings. The highest BCUT2D eigenvalue weighted by Crippen LogP contribution is 2.08. The maximum Gasteiger partial charge on any atom is 0.213 e. The first kappa shape index (κ1) is 15.8. The van der Waals surface area contributed by atoms with E-state index in [9.17, 15) is 16.8 Å². The van der Waals surface area contributed by atoms with Gasteiger partial charge in [0.1, 0.15) is 9.84 Å². The van der Waals surface area contributed by atoms with E-state index in [1.165, 1.54) is 0 Å². The number of nitrogens with one attached hydrogen (secondary N) is 1. The molecule has 0 fully saturated rings. The molecule has 0 aromatic carbocycles. The second-order valence-electron chi connectivity index (χ2n) is 4.17. The minimum Gasteiger partial charge on any atom is -0.329 e. The number of sulfone groups is 1. The van der Waals surface area contributed by atoms with Crippen molar-refractivity contribution in [2.24, 2.45) is 5.73 Å². The lowest BCUT2D eigenvalue weighted by Gasteiger charge is -2.27. The molecule has 3 N–H and O–H groups in total. The Morgan fingerprint density at radius 2 is 1.69 bits per heavy atom. The second kappa shape index (κ2) is 5.44. The van der Waals surface area contributed by atoms with E-state index in [1.54, 1.807) is 6.92 Å². The van der Waals surface area contributed by atoms with Crippen molar-refractivity contribution in [3.8, 4) is 0 Å². The van der Waals surface area contributed by atoms with Gasteiger partial charge in [0.2, 0.25) is 10.0 Å². The van der Waals surface area contributed by atoms with Gasteiger partial charge in [-0.2, -0.15) is 0 Å². The first-order chi connectivity index (χ1) is 7.04. The summed E-state index contributed by atoms with van der Waals surface area (Å²) in [6.45, 7) is 3.67. The molecule has 0 saturated carbocycles. The molecule has 0 aliphatic heterocycles. The van der Waals surface area contributed by atoms with Gasteiger partial charge >= 0.3 is 0 Å². The summed E-state index contributed by atoms with van der Waals surface area (Å²) in [6.07, 6.45) is 1.55. The van der Waals surface area contributed by atoms with E-state index in [0.717, 1.165) is 6.26 Å². The summed E-state index contributed by atoms with van der Waals surface area (Å²) in [5.74, 6) is -0.811. The zero-order valence-corrected chi connectivity index (χ0v) is 11.5. The lowest BCUT2D eigenvalue weighted by molar-refractivity contribution is 0.411. The Morgan fingerprint density at radius 3 is 2.00 bits per heavy atom. The van der Waals surface area contributed by atoms with Crippen LogP contribution in [0.15, 0.2) is 0 Å². The van der Waals surface area contributed by atoms with E-state index in [-0.39, 0.29) is 12.3 Å². The largest absolute Gasteiger partial charge is 0.329 e. The van der Waals surface area contributed by atoms with Crippen molar-refractivity contribution in [2.45, 2.75) is 25.8 Å². The average molecular weight is 272 g/mol. The molecule has 8 heteroatoms. The highest BCUT2D eigenvalue weighted by atomic mass is 32.2. The molecule has 0 spiro atoms. The summed E-state index contributed by atoms with van der Waals surface area (Å²) in [4.78, 5) is 0. The van der Waals surface area contributed by atoms with E-state index in [2.05, 4.69) is 4.72 Å². The molecule has 1 unspecified atom stereocenters. The van der Waals surface area contributed by atoms with Crippen molar-refractivity contribution in [3.63, 3.8) is 0 Å². The second-order valence-corrected chi connectivity index (χ2v) is 8.27.